The molecule has 0 unspecified atom stereocenters. The third-order valence-electron chi connectivity index (χ3n) is 2.63. The maximum absolute atomic E-state index is 11.0. The second-order valence-electron chi connectivity index (χ2n) is 4.56. The number of amidine groups is 1. The van der Waals surface area contributed by atoms with Gasteiger partial charge in [0.05, 0.1) is 0 Å². The van der Waals surface area contributed by atoms with Gasteiger partial charge in [0.25, 0.3) is 5.56 Å². The van der Waals surface area contributed by atoms with Gasteiger partial charge in [-0.15, -0.1) is 0 Å². The molecule has 0 aliphatic carbocycles. The zero-order chi connectivity index (χ0) is 13.6. The van der Waals surface area contributed by atoms with Gasteiger partial charge in [-0.25, -0.2) is 4.98 Å². The number of thioether (sulfide) groups is 1. The Balaban J connectivity index is 2.37. The van der Waals surface area contributed by atoms with Gasteiger partial charge in [-0.05, 0) is 12.8 Å². The normalized spacial score (nSPS) is 12.7. The smallest absolute Gasteiger partial charge is 0.251 e. The van der Waals surface area contributed by atoms with Gasteiger partial charge >= 0.3 is 0 Å². The molecule has 0 aliphatic rings. The van der Waals surface area contributed by atoms with E-state index in [9.17, 15) is 4.79 Å². The zero-order valence-corrected chi connectivity index (χ0v) is 11.3. The van der Waals surface area contributed by atoms with Crippen molar-refractivity contribution in [3.8, 4) is 0 Å². The van der Waals surface area contributed by atoms with E-state index in [4.69, 9.17) is 10.9 Å². The molecule has 0 aliphatic heterocycles. The summed E-state index contributed by atoms with van der Waals surface area (Å²) in [5, 5.41) is 12.3. The molecule has 1 heterocycles. The predicted octanol–water partition coefficient (Wildman–Crippen LogP) is 1.41. The van der Waals surface area contributed by atoms with Crippen molar-refractivity contribution in [3.63, 3.8) is 0 Å². The molecule has 0 saturated carbocycles. The van der Waals surface area contributed by atoms with E-state index in [1.807, 2.05) is 13.8 Å². The lowest BCUT2D eigenvalue weighted by Crippen LogP contribution is -2.31. The third-order valence-corrected chi connectivity index (χ3v) is 3.61. The molecule has 0 bridgehead atoms. The number of oxime groups is 1. The highest BCUT2D eigenvalue weighted by atomic mass is 32.2. The molecule has 1 rings (SSSR count). The van der Waals surface area contributed by atoms with E-state index in [-0.39, 0.29) is 16.8 Å². The summed E-state index contributed by atoms with van der Waals surface area (Å²) in [6.07, 6.45) is 3.17. The van der Waals surface area contributed by atoms with E-state index in [1.54, 1.807) is 0 Å². The molecular formula is C11H18N4O2S. The highest BCUT2D eigenvalue weighted by Crippen LogP contribution is 2.24. The standard InChI is InChI=1S/C11H18N4O2S/c1-11(2,9(12)15-17)5-3-7-18-10-13-6-4-8(16)14-10/h4,6,17H,3,5,7H2,1-2H3,(H2,12,15)(H,13,14,16). The van der Waals surface area contributed by atoms with Crippen LogP contribution in [0, 0.1) is 5.41 Å². The lowest BCUT2D eigenvalue weighted by molar-refractivity contribution is 0.305. The number of nitrogens with two attached hydrogens (primary N) is 1. The van der Waals surface area contributed by atoms with Crippen molar-refractivity contribution >= 4 is 17.6 Å². The third kappa shape index (κ3) is 4.40. The number of nitrogens with one attached hydrogen (secondary N) is 1. The van der Waals surface area contributed by atoms with Crippen LogP contribution >= 0.6 is 11.8 Å². The van der Waals surface area contributed by atoms with Crippen LogP contribution in [0.5, 0.6) is 0 Å². The van der Waals surface area contributed by atoms with Gasteiger partial charge in [-0.2, -0.15) is 0 Å². The molecule has 0 amide bonds. The summed E-state index contributed by atoms with van der Waals surface area (Å²) in [4.78, 5) is 17.7. The largest absolute Gasteiger partial charge is 0.409 e. The molecule has 7 heteroatoms. The van der Waals surface area contributed by atoms with Crippen LogP contribution in [0.1, 0.15) is 26.7 Å². The van der Waals surface area contributed by atoms with Crippen molar-refractivity contribution in [2.75, 3.05) is 5.75 Å². The maximum atomic E-state index is 11.0. The molecule has 18 heavy (non-hydrogen) atoms. The number of aromatic amines is 1. The van der Waals surface area contributed by atoms with Gasteiger partial charge in [-0.3, -0.25) is 4.79 Å². The van der Waals surface area contributed by atoms with Gasteiger partial charge in [0.15, 0.2) is 5.16 Å². The first kappa shape index (κ1) is 14.6. The summed E-state index contributed by atoms with van der Waals surface area (Å²) in [6, 6.07) is 1.38. The van der Waals surface area contributed by atoms with Crippen LogP contribution in [0.4, 0.5) is 0 Å². The Kier molecular flexibility index (Phi) is 5.21. The van der Waals surface area contributed by atoms with Crippen LogP contribution in [0.25, 0.3) is 0 Å². The second kappa shape index (κ2) is 6.44. The zero-order valence-electron chi connectivity index (χ0n) is 10.5. The van der Waals surface area contributed by atoms with Crippen molar-refractivity contribution in [3.05, 3.63) is 22.6 Å². The summed E-state index contributed by atoms with van der Waals surface area (Å²) in [6.45, 7) is 3.85. The Hall–Kier alpha value is -1.50. The molecule has 1 aromatic heterocycles. The minimum atomic E-state index is -0.327. The fraction of sp³-hybridized carbons (Fsp3) is 0.545. The number of hydrogen-bond donors (Lipinski definition) is 3. The topological polar surface area (TPSA) is 104 Å². The SMILES string of the molecule is CC(C)(CCCSc1nccc(=O)[nH]1)C(N)=NO. The molecule has 0 radical (unpaired) electrons. The van der Waals surface area contributed by atoms with Crippen LogP contribution in [0.15, 0.2) is 27.4 Å². The summed E-state index contributed by atoms with van der Waals surface area (Å²) >= 11 is 1.48. The van der Waals surface area contributed by atoms with Gasteiger partial charge < -0.3 is 15.9 Å². The fourth-order valence-electron chi connectivity index (χ4n) is 1.37. The Bertz CT molecular complexity index is 470. The van der Waals surface area contributed by atoms with Crippen LogP contribution in [-0.4, -0.2) is 26.8 Å². The molecule has 0 atom stereocenters. The number of nitrogens with zero attached hydrogens (tertiary/aromatic N) is 2. The summed E-state index contributed by atoms with van der Waals surface area (Å²) in [5.74, 6) is 1.05. The van der Waals surface area contributed by atoms with Crippen molar-refractivity contribution in [2.45, 2.75) is 31.8 Å². The predicted molar refractivity (Wildman–Crippen MR) is 72.0 cm³/mol. The highest BCUT2D eigenvalue weighted by molar-refractivity contribution is 7.99. The monoisotopic (exact) mass is 270 g/mol. The van der Waals surface area contributed by atoms with E-state index in [1.165, 1.54) is 24.0 Å². The van der Waals surface area contributed by atoms with Gasteiger partial charge in [0.2, 0.25) is 0 Å². The average Bonchev–Trinajstić information content (AvgIpc) is 2.33. The average molecular weight is 270 g/mol. The number of rotatable bonds is 6. The number of aromatic nitrogens is 2. The first-order valence-corrected chi connectivity index (χ1v) is 6.60. The van der Waals surface area contributed by atoms with E-state index >= 15 is 0 Å². The quantitative estimate of drug-likeness (QED) is 0.138. The number of H-pyrrole nitrogens is 1. The second-order valence-corrected chi connectivity index (χ2v) is 5.64. The van der Waals surface area contributed by atoms with E-state index in [0.29, 0.717) is 5.16 Å². The van der Waals surface area contributed by atoms with Gasteiger partial charge in [0.1, 0.15) is 5.84 Å². The van der Waals surface area contributed by atoms with Crippen molar-refractivity contribution in [1.29, 1.82) is 0 Å². The van der Waals surface area contributed by atoms with Gasteiger partial charge in [-0.1, -0.05) is 30.8 Å². The maximum Gasteiger partial charge on any atom is 0.251 e. The fourth-order valence-corrected chi connectivity index (χ4v) is 2.16. The molecular weight excluding hydrogens is 252 g/mol. The molecule has 0 spiro atoms. The minimum Gasteiger partial charge on any atom is -0.409 e. The molecule has 4 N–H and O–H groups in total. The Labute approximate surface area is 110 Å². The van der Waals surface area contributed by atoms with E-state index < -0.39 is 0 Å². The molecule has 0 aromatic carbocycles. The summed E-state index contributed by atoms with van der Waals surface area (Å²) in [5.41, 5.74) is 5.12. The van der Waals surface area contributed by atoms with E-state index in [2.05, 4.69) is 15.1 Å². The lowest BCUT2D eigenvalue weighted by atomic mass is 9.87. The Morgan fingerprint density at radius 1 is 1.67 bits per heavy atom. The van der Waals surface area contributed by atoms with Crippen LogP contribution < -0.4 is 11.3 Å². The summed E-state index contributed by atoms with van der Waals surface area (Å²) in [7, 11) is 0. The Morgan fingerprint density at radius 2 is 2.39 bits per heavy atom. The van der Waals surface area contributed by atoms with Crippen LogP contribution in [0.2, 0.25) is 0 Å². The Morgan fingerprint density at radius 3 is 3.00 bits per heavy atom. The summed E-state index contributed by atoms with van der Waals surface area (Å²) < 4.78 is 0. The molecule has 6 nitrogen and oxygen atoms in total. The first-order valence-electron chi connectivity index (χ1n) is 5.62. The molecule has 0 saturated heterocycles. The number of hydrogen-bond acceptors (Lipinski definition) is 5. The lowest BCUT2D eigenvalue weighted by Gasteiger charge is -2.22. The van der Waals surface area contributed by atoms with Crippen LogP contribution in [-0.2, 0) is 0 Å². The molecule has 100 valence electrons. The van der Waals surface area contributed by atoms with E-state index in [0.717, 1.165) is 18.6 Å². The highest BCUT2D eigenvalue weighted by Gasteiger charge is 2.22. The molecule has 0 fully saturated rings. The minimum absolute atomic E-state index is 0.149. The molecule has 1 aromatic rings. The van der Waals surface area contributed by atoms with Crippen molar-refractivity contribution in [1.82, 2.24) is 9.97 Å². The van der Waals surface area contributed by atoms with Crippen molar-refractivity contribution in [2.24, 2.45) is 16.3 Å². The van der Waals surface area contributed by atoms with Gasteiger partial charge in [0, 0.05) is 23.4 Å². The first-order chi connectivity index (χ1) is 8.45. The van der Waals surface area contributed by atoms with Crippen molar-refractivity contribution < 1.29 is 5.21 Å². The van der Waals surface area contributed by atoms with Crippen LogP contribution in [0.3, 0.4) is 0 Å².